The first-order valence-corrected chi connectivity index (χ1v) is 15.6. The van der Waals surface area contributed by atoms with Crippen LogP contribution >= 0.6 is 11.8 Å². The van der Waals surface area contributed by atoms with Crippen molar-refractivity contribution in [2.75, 3.05) is 6.61 Å². The number of benzene rings is 2. The van der Waals surface area contributed by atoms with E-state index in [1.54, 1.807) is 36.6 Å². The molecule has 2 aliphatic rings. The maximum Gasteiger partial charge on any atom is 1.00 e. The number of hydrogen-bond donors (Lipinski definition) is 2. The van der Waals surface area contributed by atoms with Crippen LogP contribution in [0.4, 0.5) is 0 Å². The van der Waals surface area contributed by atoms with Crippen LogP contribution in [-0.4, -0.2) is 72.1 Å². The van der Waals surface area contributed by atoms with Crippen LogP contribution in [0.3, 0.4) is 0 Å². The number of hydrogen-bond acceptors (Lipinski definition) is 9. The molecule has 0 unspecified atom stereocenters. The minimum Gasteiger partial charge on any atom is -0.548 e. The van der Waals surface area contributed by atoms with Crippen LogP contribution in [0.15, 0.2) is 59.5 Å². The predicted molar refractivity (Wildman–Crippen MR) is 171 cm³/mol. The molecule has 3 atom stereocenters. The zero-order valence-corrected chi connectivity index (χ0v) is 29.7. The van der Waals surface area contributed by atoms with Gasteiger partial charge in [0.15, 0.2) is 0 Å². The number of aliphatic carboxylic acids is 1. The van der Waals surface area contributed by atoms with Crippen molar-refractivity contribution >= 4 is 57.3 Å². The van der Waals surface area contributed by atoms with Crippen molar-refractivity contribution in [3.05, 3.63) is 81.8 Å². The third-order valence-corrected chi connectivity index (χ3v) is 9.57. The topological polar surface area (TPSA) is 171 Å². The summed E-state index contributed by atoms with van der Waals surface area (Å²) in [6.07, 6.45) is 1.35. The molecule has 4 aromatic rings. The van der Waals surface area contributed by atoms with E-state index in [4.69, 9.17) is 9.84 Å². The Morgan fingerprint density at radius 1 is 1.06 bits per heavy atom. The monoisotopic (exact) mass is 668 g/mol. The number of fused-ring (bicyclic) bond motifs is 3. The molecule has 2 N–H and O–H groups in total. The SMILES string of the molecule is CCOc1ccc2ccccc2c1C(=O)N[C@@H]1C(=O)N2[C@@H]1SC(C)(C)[C@@H]2C(=O)[O-].CCn1cc(C(=O)O)c(=O)c2ccc(C)nc21.[Na+]. The Labute approximate surface area is 296 Å². The van der Waals surface area contributed by atoms with E-state index < -0.39 is 51.4 Å². The van der Waals surface area contributed by atoms with Crippen molar-refractivity contribution in [3.8, 4) is 5.75 Å². The van der Waals surface area contributed by atoms with E-state index in [1.165, 1.54) is 22.9 Å². The Morgan fingerprint density at radius 2 is 1.77 bits per heavy atom. The van der Waals surface area contributed by atoms with Gasteiger partial charge in [-0.05, 0) is 63.6 Å². The molecule has 0 bridgehead atoms. The minimum atomic E-state index is -1.28. The maximum atomic E-state index is 13.2. The van der Waals surface area contributed by atoms with E-state index in [0.29, 0.717) is 35.5 Å². The van der Waals surface area contributed by atoms with Gasteiger partial charge in [-0.15, -0.1) is 11.8 Å². The minimum absolute atomic E-state index is 0. The average Bonchev–Trinajstić information content (AvgIpc) is 3.27. The summed E-state index contributed by atoms with van der Waals surface area (Å²) in [6, 6.07) is 12.6. The number of aryl methyl sites for hydroxylation is 2. The number of pyridine rings is 2. The first-order valence-electron chi connectivity index (χ1n) is 14.7. The van der Waals surface area contributed by atoms with Crippen LogP contribution in [0.1, 0.15) is 54.1 Å². The molecule has 47 heavy (non-hydrogen) atoms. The second-order valence-electron chi connectivity index (χ2n) is 11.4. The Kier molecular flexibility index (Phi) is 10.8. The molecule has 4 heterocycles. The molecule has 2 aliphatic heterocycles. The van der Waals surface area contributed by atoms with Crippen molar-refractivity contribution in [1.82, 2.24) is 19.8 Å². The molecule has 240 valence electrons. The van der Waals surface area contributed by atoms with Crippen LogP contribution < -0.4 is 50.1 Å². The van der Waals surface area contributed by atoms with Crippen molar-refractivity contribution in [3.63, 3.8) is 0 Å². The smallest absolute Gasteiger partial charge is 0.548 e. The van der Waals surface area contributed by atoms with Gasteiger partial charge in [-0.25, -0.2) is 9.78 Å². The van der Waals surface area contributed by atoms with E-state index in [-0.39, 0.29) is 35.1 Å². The fourth-order valence-corrected chi connectivity index (χ4v) is 7.48. The number of aromatic carboxylic acids is 1. The fourth-order valence-electron chi connectivity index (χ4n) is 5.85. The molecule has 2 aromatic carbocycles. The van der Waals surface area contributed by atoms with E-state index in [9.17, 15) is 29.1 Å². The molecule has 2 saturated heterocycles. The van der Waals surface area contributed by atoms with Crippen molar-refractivity contribution in [1.29, 1.82) is 0 Å². The molecular formula is C33H33N4NaO8S. The molecule has 14 heteroatoms. The summed E-state index contributed by atoms with van der Waals surface area (Å²) in [6.45, 7) is 10.0. The number of β-lactam (4-membered cyclic amide) rings is 1. The quantitative estimate of drug-likeness (QED) is 0.195. The molecule has 0 aliphatic carbocycles. The summed E-state index contributed by atoms with van der Waals surface area (Å²) in [5.74, 6) is -2.87. The van der Waals surface area contributed by atoms with Crippen LogP contribution in [0.25, 0.3) is 21.8 Å². The van der Waals surface area contributed by atoms with Crippen LogP contribution in [0, 0.1) is 6.92 Å². The van der Waals surface area contributed by atoms with Crippen molar-refractivity contribution < 1.29 is 63.7 Å². The van der Waals surface area contributed by atoms with E-state index >= 15 is 0 Å². The van der Waals surface area contributed by atoms with E-state index in [1.807, 2.05) is 51.1 Å². The van der Waals surface area contributed by atoms with Gasteiger partial charge in [-0.3, -0.25) is 14.4 Å². The number of carbonyl (C=O) groups is 4. The number of thioether (sulfide) groups is 1. The van der Waals surface area contributed by atoms with Gasteiger partial charge >= 0.3 is 35.5 Å². The Morgan fingerprint density at radius 3 is 2.40 bits per heavy atom. The number of amides is 2. The molecule has 0 saturated carbocycles. The zero-order valence-electron chi connectivity index (χ0n) is 26.9. The number of carboxylic acids is 2. The molecule has 6 rings (SSSR count). The number of aromatic nitrogens is 2. The van der Waals surface area contributed by atoms with Crippen molar-refractivity contribution in [2.24, 2.45) is 0 Å². The molecular weight excluding hydrogens is 635 g/mol. The van der Waals surface area contributed by atoms with Gasteiger partial charge in [0.25, 0.3) is 5.91 Å². The second kappa shape index (κ2) is 14.1. The average molecular weight is 669 g/mol. The number of nitrogens with one attached hydrogen (secondary N) is 1. The fraction of sp³-hybridized carbons (Fsp3) is 0.333. The third-order valence-electron chi connectivity index (χ3n) is 8.00. The summed E-state index contributed by atoms with van der Waals surface area (Å²) in [5, 5.41) is 24.8. The van der Waals surface area contributed by atoms with Gasteiger partial charge in [0.1, 0.15) is 28.4 Å². The van der Waals surface area contributed by atoms with Gasteiger partial charge in [0, 0.05) is 23.2 Å². The van der Waals surface area contributed by atoms with Crippen LogP contribution in [0.2, 0.25) is 0 Å². The molecule has 2 amide bonds. The summed E-state index contributed by atoms with van der Waals surface area (Å²) in [5.41, 5.74) is 0.995. The largest absolute Gasteiger partial charge is 1.00 e. The summed E-state index contributed by atoms with van der Waals surface area (Å²) in [4.78, 5) is 65.8. The molecule has 0 radical (unpaired) electrons. The van der Waals surface area contributed by atoms with E-state index in [2.05, 4.69) is 10.3 Å². The first-order chi connectivity index (χ1) is 21.8. The van der Waals surface area contributed by atoms with Gasteiger partial charge in [0.05, 0.1) is 29.6 Å². The Balaban J connectivity index is 0.000000238. The molecule has 12 nitrogen and oxygen atoms in total. The summed E-state index contributed by atoms with van der Waals surface area (Å²) >= 11 is 1.36. The molecule has 0 spiro atoms. The second-order valence-corrected chi connectivity index (χ2v) is 13.2. The first kappa shape index (κ1) is 35.9. The van der Waals surface area contributed by atoms with Crippen LogP contribution in [0.5, 0.6) is 5.75 Å². The zero-order chi connectivity index (χ0) is 33.5. The van der Waals surface area contributed by atoms with E-state index in [0.717, 1.165) is 16.5 Å². The number of carbonyl (C=O) groups excluding carboxylic acids is 3. The standard InChI is InChI=1S/C21H22N2O5S.C12H12N2O3.Na/c1-4-28-13-10-9-11-7-5-6-8-12(11)14(13)17(24)22-15-18(25)23-16(20(26)27)21(2,3)29-19(15)23;1-3-14-6-9(12(16)17)10(15)8-5-4-7(2)13-11(8)14;/h5-10,15-16,19H,4H2,1-3H3,(H,22,24)(H,26,27);4-6H,3H2,1-2H3,(H,16,17);/q;;+1/p-1/t15-,16+,19-;;/m1../s1. The third kappa shape index (κ3) is 6.62. The number of rotatable bonds is 7. The molecule has 2 fully saturated rings. The number of carboxylic acid groups (broad SMARTS) is 2. The van der Waals surface area contributed by atoms with Gasteiger partial charge in [0.2, 0.25) is 11.3 Å². The normalized spacial score (nSPS) is 19.1. The van der Waals surface area contributed by atoms with Gasteiger partial charge in [-0.1, -0.05) is 30.3 Å². The Bertz CT molecular complexity index is 1960. The van der Waals surface area contributed by atoms with Crippen molar-refractivity contribution in [2.45, 2.75) is 63.4 Å². The summed E-state index contributed by atoms with van der Waals surface area (Å²) in [7, 11) is 0. The predicted octanol–water partition coefficient (Wildman–Crippen LogP) is -0.424. The van der Waals surface area contributed by atoms with Gasteiger partial charge in [-0.2, -0.15) is 0 Å². The number of nitrogens with zero attached hydrogens (tertiary/aromatic N) is 3. The van der Waals surface area contributed by atoms with Crippen LogP contribution in [-0.2, 0) is 16.1 Å². The maximum absolute atomic E-state index is 13.2. The molecule has 2 aromatic heterocycles. The van der Waals surface area contributed by atoms with Gasteiger partial charge < -0.3 is 34.5 Å². The number of ether oxygens (including phenoxy) is 1. The Hall–Kier alpha value is -3.91. The summed E-state index contributed by atoms with van der Waals surface area (Å²) < 4.78 is 6.62.